The molecule has 104 valence electrons. The topological polar surface area (TPSA) is 66.5 Å². The fourth-order valence-corrected chi connectivity index (χ4v) is 1.86. The Kier molecular flexibility index (Phi) is 3.93. The van der Waals surface area contributed by atoms with Crippen molar-refractivity contribution in [2.24, 2.45) is 0 Å². The maximum Gasteiger partial charge on any atom is 0.249 e. The van der Waals surface area contributed by atoms with E-state index < -0.39 is 29.6 Å². The van der Waals surface area contributed by atoms with E-state index in [1.54, 1.807) is 6.07 Å². The molecule has 1 saturated heterocycles. The minimum atomic E-state index is -0.711. The van der Waals surface area contributed by atoms with E-state index in [0.29, 0.717) is 5.56 Å². The normalized spacial score (nSPS) is 19.3. The van der Waals surface area contributed by atoms with Crippen LogP contribution in [0, 0.1) is 5.82 Å². The third kappa shape index (κ3) is 3.09. The van der Waals surface area contributed by atoms with E-state index in [-0.39, 0.29) is 6.54 Å². The summed E-state index contributed by atoms with van der Waals surface area (Å²) in [7, 11) is 0. The molecule has 1 unspecified atom stereocenters. The molecule has 1 aliphatic rings. The van der Waals surface area contributed by atoms with Gasteiger partial charge in [-0.05, 0) is 30.7 Å². The molecule has 5 nitrogen and oxygen atoms in total. The van der Waals surface area contributed by atoms with E-state index in [0.717, 1.165) is 4.90 Å². The van der Waals surface area contributed by atoms with E-state index in [2.05, 4.69) is 5.32 Å². The zero-order valence-corrected chi connectivity index (χ0v) is 10.8. The number of halogens is 1. The zero-order chi connectivity index (χ0) is 14.7. The van der Waals surface area contributed by atoms with E-state index in [1.807, 2.05) is 0 Å². The summed E-state index contributed by atoms with van der Waals surface area (Å²) < 4.78 is 13.0. The van der Waals surface area contributed by atoms with Gasteiger partial charge in [0.1, 0.15) is 18.4 Å². The molecular formula is C14H13FN2O3. The highest BCUT2D eigenvalue weighted by Gasteiger charge is 2.32. The van der Waals surface area contributed by atoms with E-state index in [9.17, 15) is 18.8 Å². The van der Waals surface area contributed by atoms with Crippen LogP contribution in [-0.4, -0.2) is 35.2 Å². The Morgan fingerprint density at radius 1 is 1.45 bits per heavy atom. The van der Waals surface area contributed by atoms with Gasteiger partial charge in [-0.15, -0.1) is 0 Å². The molecule has 20 heavy (non-hydrogen) atoms. The smallest absolute Gasteiger partial charge is 0.249 e. The van der Waals surface area contributed by atoms with Gasteiger partial charge in [-0.3, -0.25) is 19.7 Å². The average molecular weight is 276 g/mol. The SMILES string of the molecule is CC1C(=O)NC(=O)CN1C(=O)C=Cc1cccc(F)c1. The number of rotatable bonds is 2. The Bertz CT molecular complexity index is 598. The van der Waals surface area contributed by atoms with Crippen molar-refractivity contribution >= 4 is 23.8 Å². The van der Waals surface area contributed by atoms with Crippen molar-refractivity contribution in [3.05, 3.63) is 41.7 Å². The summed E-state index contributed by atoms with van der Waals surface area (Å²) in [5, 5.41) is 2.15. The minimum absolute atomic E-state index is 0.167. The molecule has 0 bridgehead atoms. The van der Waals surface area contributed by atoms with Crippen molar-refractivity contribution < 1.29 is 18.8 Å². The molecule has 0 aromatic heterocycles. The van der Waals surface area contributed by atoms with Crippen LogP contribution in [0.25, 0.3) is 6.08 Å². The summed E-state index contributed by atoms with van der Waals surface area (Å²) >= 11 is 0. The number of hydrogen-bond acceptors (Lipinski definition) is 3. The Hall–Kier alpha value is -2.50. The van der Waals surface area contributed by atoms with Gasteiger partial charge < -0.3 is 4.90 Å². The summed E-state index contributed by atoms with van der Waals surface area (Å²) in [6.45, 7) is 1.37. The monoisotopic (exact) mass is 276 g/mol. The van der Waals surface area contributed by atoms with Gasteiger partial charge in [0.05, 0.1) is 0 Å². The van der Waals surface area contributed by atoms with E-state index in [1.165, 1.54) is 37.3 Å². The van der Waals surface area contributed by atoms with Gasteiger partial charge >= 0.3 is 0 Å². The van der Waals surface area contributed by atoms with Crippen molar-refractivity contribution in [3.63, 3.8) is 0 Å². The molecule has 0 radical (unpaired) electrons. The largest absolute Gasteiger partial charge is 0.318 e. The molecule has 1 aromatic carbocycles. The molecule has 1 fully saturated rings. The number of imide groups is 1. The van der Waals surface area contributed by atoms with Gasteiger partial charge in [0.25, 0.3) is 0 Å². The number of carbonyl (C=O) groups excluding carboxylic acids is 3. The average Bonchev–Trinajstić information content (AvgIpc) is 2.40. The molecule has 1 aliphatic heterocycles. The van der Waals surface area contributed by atoms with Crippen LogP contribution in [0.3, 0.4) is 0 Å². The first-order valence-corrected chi connectivity index (χ1v) is 6.05. The lowest BCUT2D eigenvalue weighted by Crippen LogP contribution is -2.58. The molecule has 6 heteroatoms. The van der Waals surface area contributed by atoms with Crippen LogP contribution in [0.4, 0.5) is 4.39 Å². The van der Waals surface area contributed by atoms with E-state index >= 15 is 0 Å². The lowest BCUT2D eigenvalue weighted by molar-refractivity contribution is -0.147. The molecule has 1 heterocycles. The Labute approximate surface area is 115 Å². The highest BCUT2D eigenvalue weighted by Crippen LogP contribution is 2.09. The summed E-state index contributed by atoms with van der Waals surface area (Å²) in [4.78, 5) is 35.8. The Morgan fingerprint density at radius 3 is 2.90 bits per heavy atom. The molecule has 0 saturated carbocycles. The summed E-state index contributed by atoms with van der Waals surface area (Å²) in [5.74, 6) is -1.89. The zero-order valence-electron chi connectivity index (χ0n) is 10.8. The van der Waals surface area contributed by atoms with Gasteiger partial charge in [0.2, 0.25) is 17.7 Å². The molecule has 0 spiro atoms. The van der Waals surface area contributed by atoms with Crippen LogP contribution in [0.1, 0.15) is 12.5 Å². The molecule has 3 amide bonds. The van der Waals surface area contributed by atoms with Gasteiger partial charge in [-0.2, -0.15) is 0 Å². The summed E-state index contributed by atoms with van der Waals surface area (Å²) in [5.41, 5.74) is 0.527. The van der Waals surface area contributed by atoms with Crippen molar-refractivity contribution in [1.82, 2.24) is 10.2 Å². The molecule has 0 aliphatic carbocycles. The van der Waals surface area contributed by atoms with Crippen molar-refractivity contribution in [2.45, 2.75) is 13.0 Å². The number of hydrogen-bond donors (Lipinski definition) is 1. The minimum Gasteiger partial charge on any atom is -0.318 e. The number of benzene rings is 1. The van der Waals surface area contributed by atoms with E-state index in [4.69, 9.17) is 0 Å². The number of carbonyl (C=O) groups is 3. The van der Waals surface area contributed by atoms with Crippen molar-refractivity contribution in [1.29, 1.82) is 0 Å². The standard InChI is InChI=1S/C14H13FN2O3/c1-9-14(20)16-12(18)8-17(9)13(19)6-5-10-3-2-4-11(15)7-10/h2-7,9H,8H2,1H3,(H,16,18,20). The molecule has 1 N–H and O–H groups in total. The third-order valence-electron chi connectivity index (χ3n) is 2.97. The Morgan fingerprint density at radius 2 is 2.20 bits per heavy atom. The number of piperazine rings is 1. The fourth-order valence-electron chi connectivity index (χ4n) is 1.86. The quantitative estimate of drug-likeness (QED) is 0.639. The first-order valence-electron chi connectivity index (χ1n) is 6.05. The summed E-state index contributed by atoms with van der Waals surface area (Å²) in [6, 6.07) is 5.04. The van der Waals surface area contributed by atoms with Gasteiger partial charge in [-0.1, -0.05) is 12.1 Å². The number of nitrogens with zero attached hydrogens (tertiary/aromatic N) is 1. The van der Waals surface area contributed by atoms with Crippen LogP contribution in [0.5, 0.6) is 0 Å². The summed E-state index contributed by atoms with van der Waals surface area (Å²) in [6.07, 6.45) is 2.66. The van der Waals surface area contributed by atoms with Crippen LogP contribution < -0.4 is 5.32 Å². The molecule has 1 atom stereocenters. The fraction of sp³-hybridized carbons (Fsp3) is 0.214. The first kappa shape index (κ1) is 13.9. The highest BCUT2D eigenvalue weighted by molar-refractivity contribution is 6.06. The predicted molar refractivity (Wildman–Crippen MR) is 69.8 cm³/mol. The lowest BCUT2D eigenvalue weighted by atomic mass is 10.1. The van der Waals surface area contributed by atoms with Gasteiger partial charge in [0, 0.05) is 6.08 Å². The second kappa shape index (κ2) is 5.64. The number of amides is 3. The van der Waals surface area contributed by atoms with Crippen LogP contribution >= 0.6 is 0 Å². The van der Waals surface area contributed by atoms with Crippen LogP contribution in [0.15, 0.2) is 30.3 Å². The second-order valence-electron chi connectivity index (χ2n) is 4.44. The highest BCUT2D eigenvalue weighted by atomic mass is 19.1. The predicted octanol–water partition coefficient (Wildman–Crippen LogP) is 0.712. The number of nitrogens with one attached hydrogen (secondary N) is 1. The molecule has 2 rings (SSSR count). The maximum atomic E-state index is 13.0. The van der Waals surface area contributed by atoms with Gasteiger partial charge in [-0.25, -0.2) is 4.39 Å². The van der Waals surface area contributed by atoms with Crippen molar-refractivity contribution in [3.8, 4) is 0 Å². The Balaban J connectivity index is 2.11. The molecular weight excluding hydrogens is 263 g/mol. The maximum absolute atomic E-state index is 13.0. The van der Waals surface area contributed by atoms with Crippen LogP contribution in [-0.2, 0) is 14.4 Å². The first-order chi connectivity index (χ1) is 9.47. The van der Waals surface area contributed by atoms with Crippen LogP contribution in [0.2, 0.25) is 0 Å². The molecule has 1 aromatic rings. The lowest BCUT2D eigenvalue weighted by Gasteiger charge is -2.30. The van der Waals surface area contributed by atoms with Gasteiger partial charge in [0.15, 0.2) is 0 Å². The second-order valence-corrected chi connectivity index (χ2v) is 4.44. The third-order valence-corrected chi connectivity index (χ3v) is 2.97. The van der Waals surface area contributed by atoms with Crippen molar-refractivity contribution in [2.75, 3.05) is 6.54 Å².